The summed E-state index contributed by atoms with van der Waals surface area (Å²) < 4.78 is 17.6. The van der Waals surface area contributed by atoms with Gasteiger partial charge in [0.1, 0.15) is 22.9 Å². The summed E-state index contributed by atoms with van der Waals surface area (Å²) in [7, 11) is 3.29. The highest BCUT2D eigenvalue weighted by atomic mass is 32.2. The summed E-state index contributed by atoms with van der Waals surface area (Å²) in [5, 5.41) is 9.26. The number of rotatable bonds is 13. The average molecular weight is 481 g/mol. The van der Waals surface area contributed by atoms with E-state index in [2.05, 4.69) is 12.1 Å². The van der Waals surface area contributed by atoms with E-state index in [4.69, 9.17) is 14.2 Å². The van der Waals surface area contributed by atoms with Crippen molar-refractivity contribution in [2.75, 3.05) is 33.2 Å². The van der Waals surface area contributed by atoms with E-state index in [0.29, 0.717) is 18.8 Å². The minimum Gasteiger partial charge on any atom is -0.497 e. The Hall–Kier alpha value is -2.80. The lowest BCUT2D eigenvalue weighted by Crippen LogP contribution is -2.35. The summed E-state index contributed by atoms with van der Waals surface area (Å²) in [4.78, 5) is 11.9. The minimum atomic E-state index is -0.922. The first-order valence-electron chi connectivity index (χ1n) is 11.2. The van der Waals surface area contributed by atoms with E-state index in [1.165, 1.54) is 0 Å². The second kappa shape index (κ2) is 12.6. The van der Waals surface area contributed by atoms with Crippen LogP contribution in [-0.4, -0.2) is 49.3 Å². The molecule has 0 aliphatic rings. The van der Waals surface area contributed by atoms with Gasteiger partial charge < -0.3 is 19.3 Å². The van der Waals surface area contributed by atoms with Crippen molar-refractivity contribution >= 4 is 17.5 Å². The molecule has 180 valence electrons. The molecule has 0 radical (unpaired) electrons. The number of ketones is 1. The van der Waals surface area contributed by atoms with Crippen LogP contribution >= 0.6 is 11.8 Å². The van der Waals surface area contributed by atoms with Crippen LogP contribution in [0.15, 0.2) is 78.9 Å². The number of methoxy groups -OCH3 is 2. The molecule has 1 unspecified atom stereocenters. The molecule has 0 saturated carbocycles. The lowest BCUT2D eigenvalue weighted by molar-refractivity contribution is -0.117. The standard InChI is InChI=1S/C28H32O5S/c1-21(30)19-27(34-18-17-29)20-33-28(22-7-5-4-6-8-22,23-9-13-25(31-2)14-10-23)24-11-15-26(32-3)16-12-24/h4-16,27,29H,17-20H2,1-3H3. The Balaban J connectivity index is 2.14. The number of carbonyl (C=O) groups is 1. The predicted octanol–water partition coefficient (Wildman–Crippen LogP) is 5.09. The van der Waals surface area contributed by atoms with Crippen LogP contribution in [0, 0.1) is 0 Å². The van der Waals surface area contributed by atoms with Crippen molar-refractivity contribution < 1.29 is 24.1 Å². The summed E-state index contributed by atoms with van der Waals surface area (Å²) in [5.74, 6) is 2.16. The lowest BCUT2D eigenvalue weighted by Gasteiger charge is -2.37. The van der Waals surface area contributed by atoms with E-state index in [1.807, 2.05) is 66.7 Å². The number of carbonyl (C=O) groups excluding carboxylic acids is 1. The van der Waals surface area contributed by atoms with Crippen LogP contribution in [0.25, 0.3) is 0 Å². The van der Waals surface area contributed by atoms with Gasteiger partial charge in [0.2, 0.25) is 0 Å². The van der Waals surface area contributed by atoms with E-state index in [0.717, 1.165) is 28.2 Å². The van der Waals surface area contributed by atoms with Gasteiger partial charge in [-0.1, -0.05) is 54.6 Å². The molecule has 3 aromatic rings. The predicted molar refractivity (Wildman–Crippen MR) is 137 cm³/mol. The smallest absolute Gasteiger partial charge is 0.143 e. The molecule has 0 heterocycles. The number of Topliss-reactive ketones (excluding diaryl/α,β-unsaturated/α-hetero) is 1. The Labute approximate surface area is 206 Å². The largest absolute Gasteiger partial charge is 0.497 e. The lowest BCUT2D eigenvalue weighted by atomic mass is 9.80. The molecule has 0 saturated heterocycles. The first kappa shape index (κ1) is 25.8. The van der Waals surface area contributed by atoms with Crippen LogP contribution in [0.3, 0.4) is 0 Å². The van der Waals surface area contributed by atoms with Gasteiger partial charge >= 0.3 is 0 Å². The third-order valence-electron chi connectivity index (χ3n) is 5.62. The summed E-state index contributed by atoms with van der Waals surface area (Å²) in [6.45, 7) is 1.97. The highest BCUT2D eigenvalue weighted by Crippen LogP contribution is 2.42. The van der Waals surface area contributed by atoms with E-state index in [-0.39, 0.29) is 17.6 Å². The number of aliphatic hydroxyl groups excluding tert-OH is 1. The highest BCUT2D eigenvalue weighted by molar-refractivity contribution is 7.99. The fraction of sp³-hybridized carbons (Fsp3) is 0.321. The van der Waals surface area contributed by atoms with Gasteiger partial charge in [0.25, 0.3) is 0 Å². The zero-order valence-electron chi connectivity index (χ0n) is 19.9. The van der Waals surface area contributed by atoms with E-state index < -0.39 is 5.60 Å². The van der Waals surface area contributed by atoms with Gasteiger partial charge in [-0.05, 0) is 47.9 Å². The second-order valence-corrected chi connectivity index (χ2v) is 9.35. The molecular weight excluding hydrogens is 448 g/mol. The van der Waals surface area contributed by atoms with E-state index in [9.17, 15) is 9.90 Å². The van der Waals surface area contributed by atoms with Crippen molar-refractivity contribution in [2.24, 2.45) is 0 Å². The van der Waals surface area contributed by atoms with Crippen LogP contribution < -0.4 is 9.47 Å². The normalized spacial score (nSPS) is 12.2. The van der Waals surface area contributed by atoms with Crippen molar-refractivity contribution in [1.29, 1.82) is 0 Å². The molecule has 0 aliphatic carbocycles. The number of ether oxygens (including phenoxy) is 3. The highest BCUT2D eigenvalue weighted by Gasteiger charge is 2.38. The maximum Gasteiger partial charge on any atom is 0.143 e. The molecule has 0 amide bonds. The molecule has 1 atom stereocenters. The second-order valence-electron chi connectivity index (χ2n) is 7.94. The van der Waals surface area contributed by atoms with Gasteiger partial charge in [-0.2, -0.15) is 11.8 Å². The van der Waals surface area contributed by atoms with Crippen molar-refractivity contribution in [3.8, 4) is 11.5 Å². The number of thioether (sulfide) groups is 1. The number of hydrogen-bond donors (Lipinski definition) is 1. The SMILES string of the molecule is COc1ccc(C(OCC(CC(C)=O)SCCO)(c2ccccc2)c2ccc(OC)cc2)cc1. The number of benzene rings is 3. The van der Waals surface area contributed by atoms with Crippen LogP contribution in [-0.2, 0) is 15.1 Å². The molecular formula is C28H32O5S. The molecule has 3 rings (SSSR count). The first-order valence-corrected chi connectivity index (χ1v) is 12.3. The van der Waals surface area contributed by atoms with Gasteiger partial charge in [0.15, 0.2) is 0 Å². The Morgan fingerprint density at radius 3 is 1.79 bits per heavy atom. The van der Waals surface area contributed by atoms with Gasteiger partial charge in [-0.3, -0.25) is 4.79 Å². The maximum atomic E-state index is 11.9. The fourth-order valence-corrected chi connectivity index (χ4v) is 4.95. The molecule has 0 spiro atoms. The van der Waals surface area contributed by atoms with Gasteiger partial charge in [-0.25, -0.2) is 0 Å². The molecule has 34 heavy (non-hydrogen) atoms. The summed E-state index contributed by atoms with van der Waals surface area (Å²) in [6, 6.07) is 25.8. The monoisotopic (exact) mass is 480 g/mol. The summed E-state index contributed by atoms with van der Waals surface area (Å²) in [6.07, 6.45) is 0.376. The molecule has 0 aliphatic heterocycles. The molecule has 6 heteroatoms. The molecule has 1 N–H and O–H groups in total. The third-order valence-corrected chi connectivity index (χ3v) is 6.81. The number of hydrogen-bond acceptors (Lipinski definition) is 6. The van der Waals surface area contributed by atoms with Gasteiger partial charge in [-0.15, -0.1) is 0 Å². The van der Waals surface area contributed by atoms with Crippen molar-refractivity contribution in [3.63, 3.8) is 0 Å². The van der Waals surface area contributed by atoms with Crippen molar-refractivity contribution in [1.82, 2.24) is 0 Å². The Morgan fingerprint density at radius 1 is 0.853 bits per heavy atom. The van der Waals surface area contributed by atoms with E-state index in [1.54, 1.807) is 32.9 Å². The molecule has 0 bridgehead atoms. The zero-order valence-corrected chi connectivity index (χ0v) is 20.7. The Morgan fingerprint density at radius 2 is 1.35 bits per heavy atom. The maximum absolute atomic E-state index is 11.9. The van der Waals surface area contributed by atoms with Crippen LogP contribution in [0.4, 0.5) is 0 Å². The molecule has 0 aromatic heterocycles. The Bertz CT molecular complexity index is 971. The zero-order chi connectivity index (χ0) is 24.4. The Kier molecular flexibility index (Phi) is 9.57. The average Bonchev–Trinajstić information content (AvgIpc) is 2.88. The molecule has 5 nitrogen and oxygen atoms in total. The minimum absolute atomic E-state index is 0.0554. The van der Waals surface area contributed by atoms with Crippen molar-refractivity contribution in [2.45, 2.75) is 24.2 Å². The van der Waals surface area contributed by atoms with Crippen LogP contribution in [0.1, 0.15) is 30.0 Å². The summed E-state index contributed by atoms with van der Waals surface area (Å²) in [5.41, 5.74) is 1.94. The quantitative estimate of drug-likeness (QED) is 0.344. The topological polar surface area (TPSA) is 65.0 Å². The van der Waals surface area contributed by atoms with Gasteiger partial charge in [0, 0.05) is 17.4 Å². The number of aliphatic hydroxyl groups is 1. The molecule has 3 aromatic carbocycles. The molecule has 0 fully saturated rings. The first-order chi connectivity index (χ1) is 16.5. The third kappa shape index (κ3) is 6.20. The fourth-order valence-electron chi connectivity index (χ4n) is 4.00. The summed E-state index contributed by atoms with van der Waals surface area (Å²) >= 11 is 1.55. The van der Waals surface area contributed by atoms with E-state index >= 15 is 0 Å². The van der Waals surface area contributed by atoms with Gasteiger partial charge in [0.05, 0.1) is 27.4 Å². The van der Waals surface area contributed by atoms with Crippen molar-refractivity contribution in [3.05, 3.63) is 95.6 Å². The van der Waals surface area contributed by atoms with Crippen LogP contribution in [0.5, 0.6) is 11.5 Å². The van der Waals surface area contributed by atoms with Crippen LogP contribution in [0.2, 0.25) is 0 Å².